The molecule has 2 rings (SSSR count). The van der Waals surface area contributed by atoms with Gasteiger partial charge in [0.15, 0.2) is 0 Å². The first kappa shape index (κ1) is 28.7. The van der Waals surface area contributed by atoms with E-state index < -0.39 is 0 Å². The molecule has 0 saturated heterocycles. The number of allylic oxidation sites excluding steroid dienone is 5. The first-order chi connectivity index (χ1) is 16.3. The van der Waals surface area contributed by atoms with Crippen LogP contribution in [0, 0.1) is 11.8 Å². The van der Waals surface area contributed by atoms with E-state index in [1.807, 2.05) is 0 Å². The lowest BCUT2D eigenvalue weighted by molar-refractivity contribution is 0.432. The molecule has 0 heterocycles. The van der Waals surface area contributed by atoms with Crippen LogP contribution in [0.25, 0.3) is 0 Å². The van der Waals surface area contributed by atoms with Crippen molar-refractivity contribution in [2.45, 2.75) is 124 Å². The van der Waals surface area contributed by atoms with Crippen LogP contribution < -0.4 is 0 Å². The zero-order valence-electron chi connectivity index (χ0n) is 23.9. The van der Waals surface area contributed by atoms with Gasteiger partial charge in [-0.15, -0.1) is 0 Å². The van der Waals surface area contributed by atoms with Gasteiger partial charge in [0.2, 0.25) is 0 Å². The fourth-order valence-electron chi connectivity index (χ4n) is 6.49. The van der Waals surface area contributed by atoms with Gasteiger partial charge < -0.3 is 0 Å². The Balaban J connectivity index is 2.50. The fourth-order valence-corrected chi connectivity index (χ4v) is 6.49. The average molecular weight is 461 g/mol. The second kappa shape index (κ2) is 13.6. The molecule has 1 aliphatic rings. The standard InChI is InChI=1S/C33H53B/c1-9-15-30(13-5)33(34,22-24(7)20-25(8)27(10-2)11-3)23-32-29(21-26-16-17-26)19-18-28(12-4)31(32)14-6/h10,15,18-19,24,26H,2,9,11-14,16-17,20-23,34H2,1,3-8H3/b27-25-,30-15+. The minimum absolute atomic E-state index is 0.208. The van der Waals surface area contributed by atoms with Crippen LogP contribution >= 0.6 is 0 Å². The van der Waals surface area contributed by atoms with Gasteiger partial charge in [-0.25, -0.2) is 0 Å². The summed E-state index contributed by atoms with van der Waals surface area (Å²) in [5.41, 5.74) is 11.2. The van der Waals surface area contributed by atoms with Gasteiger partial charge in [0.05, 0.1) is 0 Å². The Bertz CT molecular complexity index is 867. The van der Waals surface area contributed by atoms with E-state index in [0.717, 1.165) is 38.0 Å². The smallest absolute Gasteiger partial charge is 0.0988 e. The van der Waals surface area contributed by atoms with Crippen molar-refractivity contribution in [3.8, 4) is 0 Å². The van der Waals surface area contributed by atoms with Crippen LogP contribution in [0.15, 0.2) is 47.6 Å². The summed E-state index contributed by atoms with van der Waals surface area (Å²) in [7, 11) is 2.58. The molecule has 0 nitrogen and oxygen atoms in total. The maximum Gasteiger partial charge on any atom is 0.115 e. The Kier molecular flexibility index (Phi) is 11.5. The molecule has 0 N–H and O–H groups in total. The number of aryl methyl sites for hydroxylation is 1. The van der Waals surface area contributed by atoms with Crippen LogP contribution in [0.3, 0.4) is 0 Å². The molecule has 0 radical (unpaired) electrons. The number of hydrogen-bond acceptors (Lipinski definition) is 0. The van der Waals surface area contributed by atoms with Crippen LogP contribution in [0.5, 0.6) is 0 Å². The van der Waals surface area contributed by atoms with E-state index in [0.29, 0.717) is 5.92 Å². The van der Waals surface area contributed by atoms with Crippen molar-refractivity contribution in [1.82, 2.24) is 0 Å². The van der Waals surface area contributed by atoms with E-state index in [2.05, 4.69) is 87.2 Å². The Morgan fingerprint density at radius 1 is 1.06 bits per heavy atom. The molecule has 0 aliphatic heterocycles. The van der Waals surface area contributed by atoms with Crippen molar-refractivity contribution in [1.29, 1.82) is 0 Å². The normalized spacial score (nSPS) is 17.8. The third kappa shape index (κ3) is 7.50. The Morgan fingerprint density at radius 2 is 1.74 bits per heavy atom. The van der Waals surface area contributed by atoms with Crippen molar-refractivity contribution in [2.75, 3.05) is 0 Å². The highest BCUT2D eigenvalue weighted by Crippen LogP contribution is 2.47. The average Bonchev–Trinajstić information content (AvgIpc) is 3.62. The number of hydrogen-bond donors (Lipinski definition) is 0. The third-order valence-electron chi connectivity index (χ3n) is 8.37. The zero-order chi connectivity index (χ0) is 25.3. The zero-order valence-corrected chi connectivity index (χ0v) is 23.9. The first-order valence-electron chi connectivity index (χ1n) is 14.4. The van der Waals surface area contributed by atoms with Gasteiger partial charge in [0, 0.05) is 0 Å². The molecule has 188 valence electrons. The lowest BCUT2D eigenvalue weighted by Gasteiger charge is -2.37. The molecule has 1 heteroatoms. The molecule has 34 heavy (non-hydrogen) atoms. The summed E-state index contributed by atoms with van der Waals surface area (Å²) >= 11 is 0. The molecule has 1 aliphatic carbocycles. The predicted octanol–water partition coefficient (Wildman–Crippen LogP) is 9.17. The summed E-state index contributed by atoms with van der Waals surface area (Å²) in [5.74, 6) is 1.58. The SMILES string of the molecule is BC(Cc1c(CC2CC2)ccc(CC)c1CC)(CC(C)C/C(C)=C(/C=C)CC)/C(=C/CC)CC. The van der Waals surface area contributed by atoms with E-state index in [-0.39, 0.29) is 5.31 Å². The van der Waals surface area contributed by atoms with Gasteiger partial charge >= 0.3 is 0 Å². The monoisotopic (exact) mass is 460 g/mol. The van der Waals surface area contributed by atoms with Gasteiger partial charge in [0.1, 0.15) is 7.85 Å². The maximum absolute atomic E-state index is 4.06. The first-order valence-corrected chi connectivity index (χ1v) is 14.4. The van der Waals surface area contributed by atoms with Crippen molar-refractivity contribution < 1.29 is 0 Å². The summed E-state index contributed by atoms with van der Waals surface area (Å²) in [6.45, 7) is 20.5. The van der Waals surface area contributed by atoms with E-state index in [9.17, 15) is 0 Å². The van der Waals surface area contributed by atoms with E-state index in [4.69, 9.17) is 0 Å². The van der Waals surface area contributed by atoms with Crippen LogP contribution in [-0.2, 0) is 25.7 Å². The van der Waals surface area contributed by atoms with Gasteiger partial charge in [-0.05, 0) is 123 Å². The highest BCUT2D eigenvalue weighted by atomic mass is 14.3. The molecule has 2 unspecified atom stereocenters. The molecule has 0 amide bonds. The summed E-state index contributed by atoms with van der Waals surface area (Å²) in [6, 6.07) is 4.94. The van der Waals surface area contributed by atoms with Crippen molar-refractivity contribution >= 4 is 7.85 Å². The summed E-state index contributed by atoms with van der Waals surface area (Å²) in [4.78, 5) is 0. The minimum atomic E-state index is 0.208. The quantitative estimate of drug-likeness (QED) is 0.139. The topological polar surface area (TPSA) is 0 Å². The van der Waals surface area contributed by atoms with Gasteiger partial charge in [-0.2, -0.15) is 0 Å². The number of benzene rings is 1. The molecule has 1 aromatic rings. The van der Waals surface area contributed by atoms with E-state index in [1.54, 1.807) is 27.8 Å². The Labute approximate surface area is 213 Å². The van der Waals surface area contributed by atoms with Crippen molar-refractivity contribution in [2.24, 2.45) is 11.8 Å². The van der Waals surface area contributed by atoms with Crippen LogP contribution in [0.4, 0.5) is 0 Å². The molecule has 1 aromatic carbocycles. The highest BCUT2D eigenvalue weighted by Gasteiger charge is 2.33. The predicted molar refractivity (Wildman–Crippen MR) is 157 cm³/mol. The summed E-state index contributed by atoms with van der Waals surface area (Å²) in [5, 5.41) is 0.208. The van der Waals surface area contributed by atoms with Crippen LogP contribution in [0.1, 0.15) is 116 Å². The number of rotatable bonds is 15. The van der Waals surface area contributed by atoms with Gasteiger partial charge in [-0.1, -0.05) is 83.6 Å². The highest BCUT2D eigenvalue weighted by molar-refractivity contribution is 6.17. The molecular formula is C33H53B. The van der Waals surface area contributed by atoms with E-state index >= 15 is 0 Å². The molecule has 1 fully saturated rings. The van der Waals surface area contributed by atoms with Crippen molar-refractivity contribution in [3.63, 3.8) is 0 Å². The third-order valence-corrected chi connectivity index (χ3v) is 8.37. The summed E-state index contributed by atoms with van der Waals surface area (Å²) < 4.78 is 0. The molecule has 0 aromatic heterocycles. The molecule has 0 bridgehead atoms. The Hall–Kier alpha value is -1.50. The van der Waals surface area contributed by atoms with Gasteiger partial charge in [-0.3, -0.25) is 0 Å². The van der Waals surface area contributed by atoms with Crippen molar-refractivity contribution in [3.05, 3.63) is 69.8 Å². The van der Waals surface area contributed by atoms with Crippen LogP contribution in [0.2, 0.25) is 5.31 Å². The lowest BCUT2D eigenvalue weighted by atomic mass is 9.55. The summed E-state index contributed by atoms with van der Waals surface area (Å²) in [6.07, 6.45) is 18.1. The lowest BCUT2D eigenvalue weighted by Crippen LogP contribution is -2.24. The van der Waals surface area contributed by atoms with Gasteiger partial charge in [0.25, 0.3) is 0 Å². The van der Waals surface area contributed by atoms with E-state index in [1.165, 1.54) is 49.7 Å². The molecule has 2 atom stereocenters. The molecule has 1 saturated carbocycles. The molecule has 0 spiro atoms. The van der Waals surface area contributed by atoms with Crippen LogP contribution in [-0.4, -0.2) is 7.85 Å². The largest absolute Gasteiger partial charge is 0.115 e. The fraction of sp³-hybridized carbons (Fsp3) is 0.636. The second-order valence-electron chi connectivity index (χ2n) is 11.3. The minimum Gasteiger partial charge on any atom is -0.0988 e. The maximum atomic E-state index is 4.06. The second-order valence-corrected chi connectivity index (χ2v) is 11.3. The Morgan fingerprint density at radius 3 is 2.24 bits per heavy atom. The molecular weight excluding hydrogens is 407 g/mol.